The van der Waals surface area contributed by atoms with Crippen LogP contribution >= 0.6 is 0 Å². The SMILES string of the molecule is Cn1cccc1[C@@H](CNC(=O)C(=O)NCc1ccccc1)N1CCCCCC1. The third-order valence-corrected chi connectivity index (χ3v) is 5.36. The highest BCUT2D eigenvalue weighted by Crippen LogP contribution is 2.23. The number of hydrogen-bond donors (Lipinski definition) is 2. The predicted molar refractivity (Wildman–Crippen MR) is 109 cm³/mol. The summed E-state index contributed by atoms with van der Waals surface area (Å²) in [6.07, 6.45) is 6.88. The topological polar surface area (TPSA) is 66.4 Å². The number of carbonyl (C=O) groups is 2. The Morgan fingerprint density at radius 3 is 2.25 bits per heavy atom. The van der Waals surface area contributed by atoms with Crippen molar-refractivity contribution in [3.63, 3.8) is 0 Å². The lowest BCUT2D eigenvalue weighted by Crippen LogP contribution is -2.44. The molecule has 6 heteroatoms. The number of benzene rings is 1. The normalized spacial score (nSPS) is 16.2. The Bertz CT molecular complexity index is 764. The monoisotopic (exact) mass is 382 g/mol. The summed E-state index contributed by atoms with van der Waals surface area (Å²) < 4.78 is 2.09. The van der Waals surface area contributed by atoms with Gasteiger partial charge in [0.2, 0.25) is 0 Å². The van der Waals surface area contributed by atoms with E-state index in [0.717, 1.165) is 24.3 Å². The van der Waals surface area contributed by atoms with Crippen molar-refractivity contribution in [3.8, 4) is 0 Å². The van der Waals surface area contributed by atoms with Crippen LogP contribution < -0.4 is 10.6 Å². The van der Waals surface area contributed by atoms with E-state index in [9.17, 15) is 9.59 Å². The first-order chi connectivity index (χ1) is 13.6. The van der Waals surface area contributed by atoms with Gasteiger partial charge in [0.15, 0.2) is 0 Å². The van der Waals surface area contributed by atoms with E-state index >= 15 is 0 Å². The number of nitrogens with one attached hydrogen (secondary N) is 2. The first-order valence-corrected chi connectivity index (χ1v) is 10.1. The minimum atomic E-state index is -0.592. The number of hydrogen-bond acceptors (Lipinski definition) is 3. The Morgan fingerprint density at radius 1 is 0.929 bits per heavy atom. The molecule has 1 saturated heterocycles. The average Bonchev–Trinajstić information content (AvgIpc) is 2.96. The summed E-state index contributed by atoms with van der Waals surface area (Å²) >= 11 is 0. The van der Waals surface area contributed by atoms with Gasteiger partial charge < -0.3 is 15.2 Å². The van der Waals surface area contributed by atoms with Crippen molar-refractivity contribution < 1.29 is 9.59 Å². The van der Waals surface area contributed by atoms with Crippen LogP contribution in [0.15, 0.2) is 48.7 Å². The summed E-state index contributed by atoms with van der Waals surface area (Å²) in [7, 11) is 2.02. The Morgan fingerprint density at radius 2 is 1.61 bits per heavy atom. The van der Waals surface area contributed by atoms with Crippen LogP contribution in [0.3, 0.4) is 0 Å². The molecule has 0 bridgehead atoms. The lowest BCUT2D eigenvalue weighted by atomic mass is 10.1. The van der Waals surface area contributed by atoms with Crippen LogP contribution in [0.2, 0.25) is 0 Å². The average molecular weight is 383 g/mol. The molecule has 1 atom stereocenters. The molecule has 0 unspecified atom stereocenters. The number of amides is 2. The zero-order valence-electron chi connectivity index (χ0n) is 16.6. The molecule has 1 aromatic heterocycles. The van der Waals surface area contributed by atoms with Gasteiger partial charge in [-0.1, -0.05) is 43.2 Å². The van der Waals surface area contributed by atoms with Gasteiger partial charge in [-0.05, 0) is 43.6 Å². The molecule has 28 heavy (non-hydrogen) atoms. The highest BCUT2D eigenvalue weighted by atomic mass is 16.2. The fraction of sp³-hybridized carbons (Fsp3) is 0.455. The molecule has 150 valence electrons. The Kier molecular flexibility index (Phi) is 7.25. The van der Waals surface area contributed by atoms with E-state index in [1.54, 1.807) is 0 Å². The number of aryl methyl sites for hydroxylation is 1. The standard InChI is InChI=1S/C22H30N4O2/c1-25-13-9-12-19(25)20(26-14-7-2-3-8-15-26)17-24-22(28)21(27)23-16-18-10-5-4-6-11-18/h4-6,9-13,20H,2-3,7-8,14-17H2,1H3,(H,23,27)(H,24,28)/t20-/m1/s1. The highest BCUT2D eigenvalue weighted by molar-refractivity contribution is 6.35. The number of carbonyl (C=O) groups excluding carboxylic acids is 2. The molecule has 3 rings (SSSR count). The maximum absolute atomic E-state index is 12.3. The summed E-state index contributed by atoms with van der Waals surface area (Å²) in [5.74, 6) is -1.17. The van der Waals surface area contributed by atoms with Gasteiger partial charge in [0.25, 0.3) is 0 Å². The minimum Gasteiger partial charge on any atom is -0.353 e. The molecule has 0 saturated carbocycles. The van der Waals surface area contributed by atoms with E-state index in [4.69, 9.17) is 0 Å². The van der Waals surface area contributed by atoms with E-state index in [-0.39, 0.29) is 6.04 Å². The molecule has 6 nitrogen and oxygen atoms in total. The first-order valence-electron chi connectivity index (χ1n) is 10.1. The Labute approximate surface area is 166 Å². The zero-order chi connectivity index (χ0) is 19.8. The minimum absolute atomic E-state index is 0.0731. The second kappa shape index (κ2) is 10.1. The number of aromatic nitrogens is 1. The summed E-state index contributed by atoms with van der Waals surface area (Å²) in [6, 6.07) is 13.8. The van der Waals surface area contributed by atoms with E-state index in [1.165, 1.54) is 25.7 Å². The van der Waals surface area contributed by atoms with Crippen molar-refractivity contribution in [3.05, 3.63) is 59.9 Å². The van der Waals surface area contributed by atoms with Gasteiger partial charge >= 0.3 is 11.8 Å². The second-order valence-corrected chi connectivity index (χ2v) is 7.39. The molecule has 1 aliphatic heterocycles. The maximum Gasteiger partial charge on any atom is 0.309 e. The number of rotatable bonds is 6. The molecule has 1 aliphatic rings. The summed E-state index contributed by atoms with van der Waals surface area (Å²) in [5.41, 5.74) is 2.13. The molecule has 1 aromatic carbocycles. The third-order valence-electron chi connectivity index (χ3n) is 5.36. The first kappa shape index (κ1) is 20.1. The van der Waals surface area contributed by atoms with Gasteiger partial charge in [-0.2, -0.15) is 0 Å². The van der Waals surface area contributed by atoms with Gasteiger partial charge in [0, 0.05) is 32.0 Å². The fourth-order valence-corrected chi connectivity index (χ4v) is 3.78. The van der Waals surface area contributed by atoms with E-state index < -0.39 is 11.8 Å². The zero-order valence-corrected chi connectivity index (χ0v) is 16.6. The van der Waals surface area contributed by atoms with Crippen LogP contribution in [0.25, 0.3) is 0 Å². The number of likely N-dealkylation sites (tertiary alicyclic amines) is 1. The van der Waals surface area contributed by atoms with Gasteiger partial charge in [-0.25, -0.2) is 0 Å². The van der Waals surface area contributed by atoms with Crippen LogP contribution in [0.4, 0.5) is 0 Å². The molecule has 2 amide bonds. The molecule has 2 N–H and O–H groups in total. The lowest BCUT2D eigenvalue weighted by Gasteiger charge is -2.31. The largest absolute Gasteiger partial charge is 0.353 e. The van der Waals surface area contributed by atoms with Crippen molar-refractivity contribution in [1.82, 2.24) is 20.1 Å². The van der Waals surface area contributed by atoms with E-state index in [1.807, 2.05) is 49.6 Å². The smallest absolute Gasteiger partial charge is 0.309 e. The van der Waals surface area contributed by atoms with Crippen LogP contribution in [0.1, 0.15) is 43.0 Å². The van der Waals surface area contributed by atoms with Crippen LogP contribution in [0.5, 0.6) is 0 Å². The van der Waals surface area contributed by atoms with Gasteiger partial charge in [0.1, 0.15) is 0 Å². The number of nitrogens with zero attached hydrogens (tertiary/aromatic N) is 2. The van der Waals surface area contributed by atoms with Gasteiger partial charge in [-0.15, -0.1) is 0 Å². The molecule has 2 heterocycles. The third kappa shape index (κ3) is 5.45. The summed E-state index contributed by atoms with van der Waals surface area (Å²) in [4.78, 5) is 26.9. The fourth-order valence-electron chi connectivity index (χ4n) is 3.78. The van der Waals surface area contributed by atoms with Crippen molar-refractivity contribution in [2.45, 2.75) is 38.3 Å². The molecule has 0 radical (unpaired) electrons. The van der Waals surface area contributed by atoms with Gasteiger partial charge in [-0.3, -0.25) is 14.5 Å². The maximum atomic E-state index is 12.3. The van der Waals surface area contributed by atoms with Crippen LogP contribution in [0, 0.1) is 0 Å². The second-order valence-electron chi connectivity index (χ2n) is 7.39. The Balaban J connectivity index is 1.58. The molecule has 1 fully saturated rings. The molecular weight excluding hydrogens is 352 g/mol. The van der Waals surface area contributed by atoms with Crippen molar-refractivity contribution in [1.29, 1.82) is 0 Å². The molecular formula is C22H30N4O2. The van der Waals surface area contributed by atoms with Crippen LogP contribution in [-0.2, 0) is 23.2 Å². The molecule has 2 aromatic rings. The van der Waals surface area contributed by atoms with E-state index in [0.29, 0.717) is 13.1 Å². The van der Waals surface area contributed by atoms with Crippen LogP contribution in [-0.4, -0.2) is 40.9 Å². The molecule has 0 spiro atoms. The van der Waals surface area contributed by atoms with E-state index in [2.05, 4.69) is 26.2 Å². The predicted octanol–water partition coefficient (Wildman–Crippen LogP) is 2.37. The van der Waals surface area contributed by atoms with Crippen molar-refractivity contribution in [2.24, 2.45) is 7.05 Å². The molecule has 0 aliphatic carbocycles. The van der Waals surface area contributed by atoms with Gasteiger partial charge in [0.05, 0.1) is 6.04 Å². The lowest BCUT2D eigenvalue weighted by molar-refractivity contribution is -0.139. The van der Waals surface area contributed by atoms with Crippen molar-refractivity contribution in [2.75, 3.05) is 19.6 Å². The Hall–Kier alpha value is -2.60. The summed E-state index contributed by atoms with van der Waals surface area (Å²) in [5, 5.41) is 5.53. The summed E-state index contributed by atoms with van der Waals surface area (Å²) in [6.45, 7) is 2.81. The van der Waals surface area contributed by atoms with Crippen molar-refractivity contribution >= 4 is 11.8 Å². The quantitative estimate of drug-likeness (QED) is 0.754. The highest BCUT2D eigenvalue weighted by Gasteiger charge is 2.25.